The number of amides is 1. The number of nitrogens with one attached hydrogen (secondary N) is 1. The van der Waals surface area contributed by atoms with Gasteiger partial charge in [-0.15, -0.1) is 0 Å². The summed E-state index contributed by atoms with van der Waals surface area (Å²) in [5, 5.41) is 3.88. The number of pyridine rings is 1. The number of halogens is 1. The van der Waals surface area contributed by atoms with Crippen molar-refractivity contribution in [3.63, 3.8) is 0 Å². The number of aromatic nitrogens is 1. The van der Waals surface area contributed by atoms with Gasteiger partial charge in [-0.1, -0.05) is 36.6 Å². The van der Waals surface area contributed by atoms with E-state index in [4.69, 9.17) is 16.3 Å². The highest BCUT2D eigenvalue weighted by Crippen LogP contribution is 2.41. The summed E-state index contributed by atoms with van der Waals surface area (Å²) in [5.74, 6) is 1.06. The van der Waals surface area contributed by atoms with Gasteiger partial charge in [-0.25, -0.2) is 4.98 Å². The molecular formula is C22H26ClN3O2. The quantitative estimate of drug-likeness (QED) is 0.832. The van der Waals surface area contributed by atoms with Crippen LogP contribution in [0.15, 0.2) is 42.6 Å². The van der Waals surface area contributed by atoms with Crippen LogP contribution in [0.25, 0.3) is 0 Å². The van der Waals surface area contributed by atoms with Gasteiger partial charge in [-0.05, 0) is 48.2 Å². The van der Waals surface area contributed by atoms with Crippen molar-refractivity contribution in [3.05, 3.63) is 58.7 Å². The third kappa shape index (κ3) is 4.01. The van der Waals surface area contributed by atoms with E-state index in [1.807, 2.05) is 36.5 Å². The first-order valence-corrected chi connectivity index (χ1v) is 10.4. The summed E-state index contributed by atoms with van der Waals surface area (Å²) in [4.78, 5) is 19.9. The third-order valence-corrected chi connectivity index (χ3v) is 6.14. The fourth-order valence-corrected chi connectivity index (χ4v) is 4.41. The summed E-state index contributed by atoms with van der Waals surface area (Å²) in [6.45, 7) is 3.66. The molecule has 2 heterocycles. The Morgan fingerprint density at radius 3 is 2.57 bits per heavy atom. The molecule has 148 valence electrons. The fraction of sp³-hybridized carbons (Fsp3) is 0.455. The number of carbonyl (C=O) groups excluding carboxylic acids is 1. The Labute approximate surface area is 171 Å². The Balaban J connectivity index is 1.46. The molecule has 0 spiro atoms. The van der Waals surface area contributed by atoms with Crippen molar-refractivity contribution in [3.8, 4) is 0 Å². The number of morpholine rings is 1. The molecule has 6 heteroatoms. The van der Waals surface area contributed by atoms with Crippen LogP contribution in [0.5, 0.6) is 0 Å². The molecule has 2 aliphatic rings. The van der Waals surface area contributed by atoms with Crippen molar-refractivity contribution < 1.29 is 9.53 Å². The first kappa shape index (κ1) is 19.2. The predicted molar refractivity (Wildman–Crippen MR) is 111 cm³/mol. The van der Waals surface area contributed by atoms with E-state index in [1.54, 1.807) is 0 Å². The lowest BCUT2D eigenvalue weighted by Gasteiger charge is -2.29. The molecule has 1 aliphatic carbocycles. The van der Waals surface area contributed by atoms with Crippen LogP contribution in [0, 0.1) is 0 Å². The van der Waals surface area contributed by atoms with Gasteiger partial charge in [0, 0.05) is 30.9 Å². The van der Waals surface area contributed by atoms with Gasteiger partial charge < -0.3 is 15.0 Å². The van der Waals surface area contributed by atoms with Crippen LogP contribution in [0.3, 0.4) is 0 Å². The van der Waals surface area contributed by atoms with E-state index in [0.717, 1.165) is 68.9 Å². The summed E-state index contributed by atoms with van der Waals surface area (Å²) >= 11 is 6.05. The number of hydrogen-bond acceptors (Lipinski definition) is 4. The lowest BCUT2D eigenvalue weighted by molar-refractivity contribution is -0.126. The number of hydrogen-bond donors (Lipinski definition) is 1. The molecule has 1 amide bonds. The van der Waals surface area contributed by atoms with Crippen LogP contribution in [0.4, 0.5) is 5.82 Å². The minimum absolute atomic E-state index is 0.108. The first-order valence-electron chi connectivity index (χ1n) is 9.99. The highest BCUT2D eigenvalue weighted by atomic mass is 35.5. The SMILES string of the molecule is O=C(NCc1ccnc(N2CCOCC2)c1)C1(c2ccc(Cl)cc2)CCCC1. The molecule has 0 bridgehead atoms. The lowest BCUT2D eigenvalue weighted by Crippen LogP contribution is -2.42. The molecule has 2 aromatic rings. The maximum atomic E-state index is 13.2. The maximum absolute atomic E-state index is 13.2. The van der Waals surface area contributed by atoms with E-state index in [2.05, 4.69) is 21.3 Å². The lowest BCUT2D eigenvalue weighted by atomic mass is 9.78. The Kier molecular flexibility index (Phi) is 5.83. The Bertz CT molecular complexity index is 813. The van der Waals surface area contributed by atoms with Crippen molar-refractivity contribution in [2.75, 3.05) is 31.2 Å². The summed E-state index contributed by atoms with van der Waals surface area (Å²) in [6, 6.07) is 11.8. The van der Waals surface area contributed by atoms with E-state index < -0.39 is 5.41 Å². The van der Waals surface area contributed by atoms with Crippen molar-refractivity contribution in [2.24, 2.45) is 0 Å². The summed E-state index contributed by atoms with van der Waals surface area (Å²) in [5.41, 5.74) is 1.69. The summed E-state index contributed by atoms with van der Waals surface area (Å²) < 4.78 is 5.41. The molecule has 1 saturated carbocycles. The van der Waals surface area contributed by atoms with Crippen LogP contribution in [0.2, 0.25) is 5.02 Å². The van der Waals surface area contributed by atoms with E-state index in [1.165, 1.54) is 0 Å². The molecule has 1 N–H and O–H groups in total. The molecule has 5 nitrogen and oxygen atoms in total. The monoisotopic (exact) mass is 399 g/mol. The molecule has 0 atom stereocenters. The van der Waals surface area contributed by atoms with Gasteiger partial charge in [0.1, 0.15) is 5.82 Å². The third-order valence-electron chi connectivity index (χ3n) is 5.89. The van der Waals surface area contributed by atoms with Crippen molar-refractivity contribution in [1.82, 2.24) is 10.3 Å². The second kappa shape index (κ2) is 8.50. The molecule has 1 aromatic heterocycles. The van der Waals surface area contributed by atoms with E-state index in [0.29, 0.717) is 11.6 Å². The molecule has 1 aromatic carbocycles. The average molecular weight is 400 g/mol. The molecule has 4 rings (SSSR count). The molecular weight excluding hydrogens is 374 g/mol. The first-order chi connectivity index (χ1) is 13.7. The normalized spacial score (nSPS) is 18.8. The van der Waals surface area contributed by atoms with Crippen molar-refractivity contribution in [2.45, 2.75) is 37.6 Å². The van der Waals surface area contributed by atoms with Gasteiger partial charge in [-0.3, -0.25) is 4.79 Å². The van der Waals surface area contributed by atoms with Gasteiger partial charge in [-0.2, -0.15) is 0 Å². The summed E-state index contributed by atoms with van der Waals surface area (Å²) in [6.07, 6.45) is 5.74. The molecule has 28 heavy (non-hydrogen) atoms. The second-order valence-electron chi connectivity index (χ2n) is 7.60. The summed E-state index contributed by atoms with van der Waals surface area (Å²) in [7, 11) is 0. The highest BCUT2D eigenvalue weighted by Gasteiger charge is 2.42. The molecule has 2 fully saturated rings. The van der Waals surface area contributed by atoms with Crippen LogP contribution in [-0.4, -0.2) is 37.2 Å². The Hall–Kier alpha value is -2.11. The highest BCUT2D eigenvalue weighted by molar-refractivity contribution is 6.30. The van der Waals surface area contributed by atoms with Gasteiger partial charge in [0.25, 0.3) is 0 Å². The number of ether oxygens (including phenoxy) is 1. The van der Waals surface area contributed by atoms with Crippen molar-refractivity contribution >= 4 is 23.3 Å². The van der Waals surface area contributed by atoms with Crippen LogP contribution >= 0.6 is 11.6 Å². The topological polar surface area (TPSA) is 54.5 Å². The number of benzene rings is 1. The van der Waals surface area contributed by atoms with Gasteiger partial charge in [0.15, 0.2) is 0 Å². The predicted octanol–water partition coefficient (Wildman–Crippen LogP) is 3.70. The average Bonchev–Trinajstić information content (AvgIpc) is 3.25. The maximum Gasteiger partial charge on any atom is 0.230 e. The number of rotatable bonds is 5. The van der Waals surface area contributed by atoms with E-state index in [9.17, 15) is 4.79 Å². The zero-order chi connectivity index (χ0) is 19.4. The van der Waals surface area contributed by atoms with E-state index in [-0.39, 0.29) is 5.91 Å². The largest absolute Gasteiger partial charge is 0.378 e. The minimum atomic E-state index is -0.440. The molecule has 0 unspecified atom stereocenters. The Morgan fingerprint density at radius 2 is 1.86 bits per heavy atom. The minimum Gasteiger partial charge on any atom is -0.378 e. The van der Waals surface area contributed by atoms with Gasteiger partial charge >= 0.3 is 0 Å². The number of nitrogens with zero attached hydrogens (tertiary/aromatic N) is 2. The standard InChI is InChI=1S/C22H26ClN3O2/c23-19-5-3-18(4-6-19)22(8-1-2-9-22)21(27)25-16-17-7-10-24-20(15-17)26-11-13-28-14-12-26/h3-7,10,15H,1-2,8-9,11-14,16H2,(H,25,27). The zero-order valence-corrected chi connectivity index (χ0v) is 16.8. The Morgan fingerprint density at radius 1 is 1.14 bits per heavy atom. The number of anilines is 1. The van der Waals surface area contributed by atoms with Gasteiger partial charge in [0.2, 0.25) is 5.91 Å². The van der Waals surface area contributed by atoms with Gasteiger partial charge in [0.05, 0.1) is 18.6 Å². The van der Waals surface area contributed by atoms with Crippen LogP contribution in [0.1, 0.15) is 36.8 Å². The zero-order valence-electron chi connectivity index (χ0n) is 16.0. The van der Waals surface area contributed by atoms with Crippen molar-refractivity contribution in [1.29, 1.82) is 0 Å². The van der Waals surface area contributed by atoms with Crippen LogP contribution in [-0.2, 0) is 21.5 Å². The number of carbonyl (C=O) groups is 1. The molecule has 0 radical (unpaired) electrons. The van der Waals surface area contributed by atoms with E-state index >= 15 is 0 Å². The molecule has 1 aliphatic heterocycles. The second-order valence-corrected chi connectivity index (χ2v) is 8.04. The smallest absolute Gasteiger partial charge is 0.230 e. The van der Waals surface area contributed by atoms with Crippen LogP contribution < -0.4 is 10.2 Å². The fourth-order valence-electron chi connectivity index (χ4n) is 4.28. The molecule has 1 saturated heterocycles.